The number of methoxy groups -OCH3 is 1. The summed E-state index contributed by atoms with van der Waals surface area (Å²) < 4.78 is 5.16. The topological polar surface area (TPSA) is 64.3 Å². The summed E-state index contributed by atoms with van der Waals surface area (Å²) in [4.78, 5) is 12.1. The Morgan fingerprint density at radius 3 is 2.58 bits per heavy atom. The molecule has 0 aliphatic rings. The Balaban J connectivity index is 2.85. The first-order valence-corrected chi connectivity index (χ1v) is 6.65. The molecule has 0 aliphatic heterocycles. The summed E-state index contributed by atoms with van der Waals surface area (Å²) in [6, 6.07) is 3.09. The van der Waals surface area contributed by atoms with Crippen molar-refractivity contribution in [3.8, 4) is 5.75 Å². The number of rotatable bonds is 5. The fourth-order valence-corrected chi connectivity index (χ4v) is 1.66. The summed E-state index contributed by atoms with van der Waals surface area (Å²) in [6.45, 7) is 6.95. The van der Waals surface area contributed by atoms with Crippen LogP contribution in [0.5, 0.6) is 5.75 Å². The molecule has 0 saturated carbocycles. The third-order valence-corrected chi connectivity index (χ3v) is 3.61. The number of carbonyl (C=O) groups excluding carboxylic acids is 1. The van der Waals surface area contributed by atoms with E-state index in [2.05, 4.69) is 26.1 Å². The first kappa shape index (κ1) is 15.6. The van der Waals surface area contributed by atoms with Crippen molar-refractivity contribution in [1.82, 2.24) is 5.32 Å². The van der Waals surface area contributed by atoms with Crippen molar-refractivity contribution in [3.05, 3.63) is 22.7 Å². The predicted molar refractivity (Wildman–Crippen MR) is 78.8 cm³/mol. The number of halogens is 1. The average Bonchev–Trinajstić information content (AvgIpc) is 2.37. The molecule has 0 fully saturated rings. The minimum Gasteiger partial charge on any atom is -0.496 e. The van der Waals surface area contributed by atoms with Gasteiger partial charge >= 0.3 is 0 Å². The van der Waals surface area contributed by atoms with E-state index in [-0.39, 0.29) is 5.91 Å². The number of nitrogen functional groups attached to an aromatic ring is 1. The van der Waals surface area contributed by atoms with Crippen molar-refractivity contribution < 1.29 is 9.53 Å². The van der Waals surface area contributed by atoms with E-state index in [1.807, 2.05) is 0 Å². The van der Waals surface area contributed by atoms with Gasteiger partial charge in [0.25, 0.3) is 5.91 Å². The lowest BCUT2D eigenvalue weighted by Crippen LogP contribution is -2.30. The number of hydrogen-bond donors (Lipinski definition) is 2. The van der Waals surface area contributed by atoms with Gasteiger partial charge in [-0.25, -0.2) is 0 Å². The van der Waals surface area contributed by atoms with Crippen LogP contribution in [0.1, 0.15) is 31.1 Å². The molecule has 5 heteroatoms. The third-order valence-electron chi connectivity index (χ3n) is 3.29. The summed E-state index contributed by atoms with van der Waals surface area (Å²) in [5, 5.41) is 3.23. The van der Waals surface area contributed by atoms with Gasteiger partial charge in [0, 0.05) is 12.6 Å². The molecule has 0 bridgehead atoms. The molecule has 0 saturated heterocycles. The van der Waals surface area contributed by atoms with Crippen molar-refractivity contribution in [2.45, 2.75) is 20.8 Å². The number of hydrogen-bond acceptors (Lipinski definition) is 3. The molecule has 0 aromatic heterocycles. The standard InChI is InChI=1S/C14H21ClN2O2/c1-8(2)9(3)7-17-14(18)10-5-11(15)12(16)6-13(10)19-4/h5-6,8-9H,7,16H2,1-4H3,(H,17,18). The Hall–Kier alpha value is -1.42. The minimum absolute atomic E-state index is 0.203. The summed E-state index contributed by atoms with van der Waals surface area (Å²) in [5.41, 5.74) is 6.48. The molecule has 3 N–H and O–H groups in total. The number of nitrogens with two attached hydrogens (primary N) is 1. The van der Waals surface area contributed by atoms with E-state index in [0.29, 0.717) is 40.4 Å². The van der Waals surface area contributed by atoms with E-state index in [0.717, 1.165) is 0 Å². The number of benzene rings is 1. The van der Waals surface area contributed by atoms with Crippen LogP contribution in [0.3, 0.4) is 0 Å². The Morgan fingerprint density at radius 1 is 1.42 bits per heavy atom. The fourth-order valence-electron chi connectivity index (χ4n) is 1.50. The van der Waals surface area contributed by atoms with Gasteiger partial charge in [0.1, 0.15) is 5.75 Å². The van der Waals surface area contributed by atoms with Crippen LogP contribution in [0.25, 0.3) is 0 Å². The summed E-state index contributed by atoms with van der Waals surface area (Å²) in [7, 11) is 1.50. The van der Waals surface area contributed by atoms with Crippen molar-refractivity contribution in [2.24, 2.45) is 11.8 Å². The molecule has 1 atom stereocenters. The highest BCUT2D eigenvalue weighted by molar-refractivity contribution is 6.33. The average molecular weight is 285 g/mol. The van der Waals surface area contributed by atoms with Crippen LogP contribution >= 0.6 is 11.6 Å². The molecule has 4 nitrogen and oxygen atoms in total. The van der Waals surface area contributed by atoms with Crippen molar-refractivity contribution >= 4 is 23.2 Å². The van der Waals surface area contributed by atoms with E-state index in [4.69, 9.17) is 22.1 Å². The van der Waals surface area contributed by atoms with Crippen LogP contribution in [-0.4, -0.2) is 19.6 Å². The second-order valence-electron chi connectivity index (χ2n) is 5.01. The van der Waals surface area contributed by atoms with Crippen LogP contribution in [0.15, 0.2) is 12.1 Å². The SMILES string of the molecule is COc1cc(N)c(Cl)cc1C(=O)NCC(C)C(C)C. The molecular formula is C14H21ClN2O2. The Labute approximate surface area is 119 Å². The zero-order valence-electron chi connectivity index (χ0n) is 11.8. The lowest BCUT2D eigenvalue weighted by Gasteiger charge is -2.17. The van der Waals surface area contributed by atoms with Crippen LogP contribution in [0.4, 0.5) is 5.69 Å². The highest BCUT2D eigenvalue weighted by Gasteiger charge is 2.16. The van der Waals surface area contributed by atoms with Crippen LogP contribution in [-0.2, 0) is 0 Å². The number of anilines is 1. The van der Waals surface area contributed by atoms with Gasteiger partial charge in [-0.05, 0) is 17.9 Å². The normalized spacial score (nSPS) is 12.3. The third kappa shape index (κ3) is 4.03. The summed E-state index contributed by atoms with van der Waals surface area (Å²) in [5.74, 6) is 1.14. The monoisotopic (exact) mass is 284 g/mol. The van der Waals surface area contributed by atoms with Gasteiger partial charge in [0.15, 0.2) is 0 Å². The molecule has 1 amide bonds. The second-order valence-corrected chi connectivity index (χ2v) is 5.41. The smallest absolute Gasteiger partial charge is 0.255 e. The van der Waals surface area contributed by atoms with Crippen molar-refractivity contribution in [3.63, 3.8) is 0 Å². The Bertz CT molecular complexity index is 461. The number of nitrogens with one attached hydrogen (secondary N) is 1. The lowest BCUT2D eigenvalue weighted by molar-refractivity contribution is 0.0942. The molecule has 1 rings (SSSR count). The van der Waals surface area contributed by atoms with E-state index in [9.17, 15) is 4.79 Å². The van der Waals surface area contributed by atoms with E-state index < -0.39 is 0 Å². The molecule has 0 heterocycles. The molecule has 19 heavy (non-hydrogen) atoms. The van der Waals surface area contributed by atoms with E-state index in [1.165, 1.54) is 13.2 Å². The highest BCUT2D eigenvalue weighted by Crippen LogP contribution is 2.28. The van der Waals surface area contributed by atoms with Gasteiger partial charge in [-0.3, -0.25) is 4.79 Å². The number of ether oxygens (including phenoxy) is 1. The predicted octanol–water partition coefficient (Wildman–Crippen LogP) is 2.95. The molecule has 1 unspecified atom stereocenters. The molecule has 1 aromatic rings. The Kier molecular flexibility index (Phi) is 5.48. The second kappa shape index (κ2) is 6.66. The first-order chi connectivity index (χ1) is 8.86. The maximum absolute atomic E-state index is 12.1. The largest absolute Gasteiger partial charge is 0.496 e. The van der Waals surface area contributed by atoms with Gasteiger partial charge in [0.2, 0.25) is 0 Å². The van der Waals surface area contributed by atoms with Crippen LogP contribution in [0.2, 0.25) is 5.02 Å². The lowest BCUT2D eigenvalue weighted by atomic mass is 9.98. The van der Waals surface area contributed by atoms with Gasteiger partial charge in [-0.1, -0.05) is 32.4 Å². The zero-order valence-corrected chi connectivity index (χ0v) is 12.5. The highest BCUT2D eigenvalue weighted by atomic mass is 35.5. The molecule has 106 valence electrons. The molecule has 1 aromatic carbocycles. The minimum atomic E-state index is -0.203. The van der Waals surface area contributed by atoms with Gasteiger partial charge in [-0.15, -0.1) is 0 Å². The Morgan fingerprint density at radius 2 is 2.05 bits per heavy atom. The maximum Gasteiger partial charge on any atom is 0.255 e. The van der Waals surface area contributed by atoms with Crippen molar-refractivity contribution in [1.29, 1.82) is 0 Å². The summed E-state index contributed by atoms with van der Waals surface area (Å²) >= 11 is 5.94. The van der Waals surface area contributed by atoms with E-state index in [1.54, 1.807) is 6.07 Å². The summed E-state index contributed by atoms with van der Waals surface area (Å²) in [6.07, 6.45) is 0. The zero-order chi connectivity index (χ0) is 14.6. The molecular weight excluding hydrogens is 264 g/mol. The fraction of sp³-hybridized carbons (Fsp3) is 0.500. The quantitative estimate of drug-likeness (QED) is 0.817. The number of carbonyl (C=O) groups is 1. The van der Waals surface area contributed by atoms with Gasteiger partial charge < -0.3 is 15.8 Å². The maximum atomic E-state index is 12.1. The molecule has 0 spiro atoms. The van der Waals surface area contributed by atoms with Crippen LogP contribution in [0, 0.1) is 11.8 Å². The van der Waals surface area contributed by atoms with Crippen LogP contribution < -0.4 is 15.8 Å². The molecule has 0 aliphatic carbocycles. The molecule has 0 radical (unpaired) electrons. The van der Waals surface area contributed by atoms with Gasteiger partial charge in [0.05, 0.1) is 23.4 Å². The van der Waals surface area contributed by atoms with Crippen molar-refractivity contribution in [2.75, 3.05) is 19.4 Å². The van der Waals surface area contributed by atoms with Gasteiger partial charge in [-0.2, -0.15) is 0 Å². The number of amides is 1. The first-order valence-electron chi connectivity index (χ1n) is 6.28. The van der Waals surface area contributed by atoms with E-state index >= 15 is 0 Å².